The number of carbonyl (C=O) groups excluding carboxylic acids is 1. The molecule has 1 amide bonds. The topological polar surface area (TPSA) is 54.7 Å². The third-order valence-electron chi connectivity index (χ3n) is 5.10. The molecule has 2 heterocycles. The van der Waals surface area contributed by atoms with Gasteiger partial charge in [-0.25, -0.2) is 0 Å². The van der Waals surface area contributed by atoms with E-state index in [2.05, 4.69) is 48.3 Å². The van der Waals surface area contributed by atoms with E-state index in [4.69, 9.17) is 9.15 Å². The van der Waals surface area contributed by atoms with Crippen molar-refractivity contribution in [2.24, 2.45) is 5.92 Å². The predicted molar refractivity (Wildman–Crippen MR) is 110 cm³/mol. The Labute approximate surface area is 168 Å². The number of ether oxygens (including phenoxy) is 1. The molecule has 2 aromatic rings. The number of aryl methyl sites for hydroxylation is 1. The molecule has 1 saturated heterocycles. The monoisotopic (exact) mass is 384 g/mol. The first-order valence-electron chi connectivity index (χ1n) is 10.2. The van der Waals surface area contributed by atoms with Crippen molar-refractivity contribution in [3.8, 4) is 0 Å². The molecule has 1 N–H and O–H groups in total. The maximum Gasteiger partial charge on any atom is 0.224 e. The number of rotatable bonds is 8. The zero-order valence-electron chi connectivity index (χ0n) is 17.2. The Bertz CT molecular complexity index is 745. The molecule has 0 radical (unpaired) electrons. The molecular formula is C23H32N2O3. The van der Waals surface area contributed by atoms with Gasteiger partial charge in [-0.15, -0.1) is 0 Å². The van der Waals surface area contributed by atoms with Crippen LogP contribution in [0.25, 0.3) is 0 Å². The first-order valence-corrected chi connectivity index (χ1v) is 10.2. The molecule has 1 aliphatic heterocycles. The molecule has 5 nitrogen and oxygen atoms in total. The third kappa shape index (κ3) is 5.94. The smallest absolute Gasteiger partial charge is 0.224 e. The van der Waals surface area contributed by atoms with Gasteiger partial charge >= 0.3 is 0 Å². The second kappa shape index (κ2) is 9.89. The number of benzene rings is 1. The Morgan fingerprint density at radius 2 is 1.75 bits per heavy atom. The van der Waals surface area contributed by atoms with Crippen molar-refractivity contribution >= 4 is 5.91 Å². The lowest BCUT2D eigenvalue weighted by molar-refractivity contribution is -0.120. The zero-order chi connectivity index (χ0) is 19.9. The van der Waals surface area contributed by atoms with Crippen molar-refractivity contribution in [1.82, 2.24) is 10.2 Å². The van der Waals surface area contributed by atoms with Crippen LogP contribution < -0.4 is 5.32 Å². The molecule has 5 heteroatoms. The lowest BCUT2D eigenvalue weighted by atomic mass is 10.0. The number of furan rings is 1. The summed E-state index contributed by atoms with van der Waals surface area (Å²) in [4.78, 5) is 14.8. The number of nitrogens with one attached hydrogen (secondary N) is 1. The fourth-order valence-electron chi connectivity index (χ4n) is 3.65. The molecule has 1 atom stereocenters. The van der Waals surface area contributed by atoms with Crippen LogP contribution in [0.15, 0.2) is 40.8 Å². The van der Waals surface area contributed by atoms with Crippen LogP contribution in [-0.2, 0) is 22.4 Å². The van der Waals surface area contributed by atoms with Gasteiger partial charge in [0.25, 0.3) is 0 Å². The van der Waals surface area contributed by atoms with Crippen LogP contribution in [0.4, 0.5) is 0 Å². The van der Waals surface area contributed by atoms with Gasteiger partial charge in [-0.05, 0) is 42.5 Å². The number of morpholine rings is 1. The highest BCUT2D eigenvalue weighted by molar-refractivity contribution is 5.78. The minimum Gasteiger partial charge on any atom is -0.465 e. The van der Waals surface area contributed by atoms with E-state index in [1.54, 1.807) is 0 Å². The van der Waals surface area contributed by atoms with Gasteiger partial charge < -0.3 is 14.5 Å². The standard InChI is InChI=1S/C23H32N2O3/c1-17(2)14-19-5-7-20(8-6-19)15-23(26)24-16-21(22-9-4-18(3)28-22)25-10-12-27-13-11-25/h4-9,17,21H,10-16H2,1-3H3,(H,24,26). The molecule has 0 aliphatic carbocycles. The normalized spacial score (nSPS) is 16.3. The maximum atomic E-state index is 12.5. The Kier molecular flexibility index (Phi) is 7.29. The SMILES string of the molecule is Cc1ccc(C(CNC(=O)Cc2ccc(CC(C)C)cc2)N2CCOCC2)o1. The fourth-order valence-corrected chi connectivity index (χ4v) is 3.65. The molecule has 1 unspecified atom stereocenters. The second-order valence-corrected chi connectivity index (χ2v) is 8.01. The Balaban J connectivity index is 1.57. The van der Waals surface area contributed by atoms with Crippen LogP contribution in [0.5, 0.6) is 0 Å². The fraction of sp³-hybridized carbons (Fsp3) is 0.522. The van der Waals surface area contributed by atoms with Gasteiger partial charge in [0.2, 0.25) is 5.91 Å². The Morgan fingerprint density at radius 3 is 2.36 bits per heavy atom. The van der Waals surface area contributed by atoms with Gasteiger partial charge in [-0.1, -0.05) is 38.1 Å². The van der Waals surface area contributed by atoms with E-state index in [0.717, 1.165) is 36.6 Å². The van der Waals surface area contributed by atoms with Gasteiger partial charge in [0.1, 0.15) is 11.5 Å². The first kappa shape index (κ1) is 20.6. The van der Waals surface area contributed by atoms with Crippen LogP contribution >= 0.6 is 0 Å². The quantitative estimate of drug-likeness (QED) is 0.757. The van der Waals surface area contributed by atoms with Crippen molar-refractivity contribution in [3.05, 3.63) is 59.0 Å². The number of hydrogen-bond acceptors (Lipinski definition) is 4. The summed E-state index contributed by atoms with van der Waals surface area (Å²) in [6.07, 6.45) is 1.46. The van der Waals surface area contributed by atoms with E-state index in [0.29, 0.717) is 32.1 Å². The van der Waals surface area contributed by atoms with Crippen molar-refractivity contribution in [1.29, 1.82) is 0 Å². The molecule has 1 fully saturated rings. The highest BCUT2D eigenvalue weighted by Crippen LogP contribution is 2.23. The molecule has 1 aromatic carbocycles. The van der Waals surface area contributed by atoms with Gasteiger partial charge in [0.15, 0.2) is 0 Å². The van der Waals surface area contributed by atoms with Gasteiger partial charge in [-0.3, -0.25) is 9.69 Å². The van der Waals surface area contributed by atoms with Crippen molar-refractivity contribution < 1.29 is 13.9 Å². The predicted octanol–water partition coefficient (Wildman–Crippen LogP) is 3.52. The van der Waals surface area contributed by atoms with E-state index in [9.17, 15) is 4.79 Å². The summed E-state index contributed by atoms with van der Waals surface area (Å²) in [5, 5.41) is 3.10. The summed E-state index contributed by atoms with van der Waals surface area (Å²) in [7, 11) is 0. The molecule has 0 bridgehead atoms. The van der Waals surface area contributed by atoms with E-state index in [-0.39, 0.29) is 11.9 Å². The highest BCUT2D eigenvalue weighted by Gasteiger charge is 2.25. The van der Waals surface area contributed by atoms with Crippen LogP contribution in [-0.4, -0.2) is 43.7 Å². The van der Waals surface area contributed by atoms with Gasteiger partial charge in [0, 0.05) is 19.6 Å². The largest absolute Gasteiger partial charge is 0.465 e. The molecule has 0 saturated carbocycles. The molecule has 1 aliphatic rings. The minimum atomic E-state index is 0.0370. The van der Waals surface area contributed by atoms with E-state index >= 15 is 0 Å². The molecule has 3 rings (SSSR count). The summed E-state index contributed by atoms with van der Waals surface area (Å²) in [6, 6.07) is 12.4. The highest BCUT2D eigenvalue weighted by atomic mass is 16.5. The molecule has 1 aromatic heterocycles. The number of nitrogens with zero attached hydrogens (tertiary/aromatic N) is 1. The van der Waals surface area contributed by atoms with Crippen LogP contribution in [0, 0.1) is 12.8 Å². The lowest BCUT2D eigenvalue weighted by Gasteiger charge is -2.33. The van der Waals surface area contributed by atoms with E-state index < -0.39 is 0 Å². The van der Waals surface area contributed by atoms with Crippen LogP contribution in [0.3, 0.4) is 0 Å². The van der Waals surface area contributed by atoms with Crippen molar-refractivity contribution in [3.63, 3.8) is 0 Å². The number of carbonyl (C=O) groups is 1. The summed E-state index contributed by atoms with van der Waals surface area (Å²) in [5.74, 6) is 2.47. The first-order chi connectivity index (χ1) is 13.5. The number of hydrogen-bond donors (Lipinski definition) is 1. The number of amides is 1. The van der Waals surface area contributed by atoms with Crippen LogP contribution in [0.2, 0.25) is 0 Å². The van der Waals surface area contributed by atoms with Crippen molar-refractivity contribution in [2.75, 3.05) is 32.8 Å². The molecule has 152 valence electrons. The Morgan fingerprint density at radius 1 is 1.07 bits per heavy atom. The average Bonchev–Trinajstić information content (AvgIpc) is 3.10. The maximum absolute atomic E-state index is 12.5. The Hall–Kier alpha value is -2.11. The van der Waals surface area contributed by atoms with Gasteiger partial charge in [0.05, 0.1) is 25.7 Å². The summed E-state index contributed by atoms with van der Waals surface area (Å²) in [6.45, 7) is 10.0. The summed E-state index contributed by atoms with van der Waals surface area (Å²) in [5.41, 5.74) is 2.36. The molecule has 28 heavy (non-hydrogen) atoms. The molecule has 0 spiro atoms. The van der Waals surface area contributed by atoms with Crippen molar-refractivity contribution in [2.45, 2.75) is 39.7 Å². The zero-order valence-corrected chi connectivity index (χ0v) is 17.2. The minimum absolute atomic E-state index is 0.0370. The summed E-state index contributed by atoms with van der Waals surface area (Å²) < 4.78 is 11.3. The average molecular weight is 385 g/mol. The van der Waals surface area contributed by atoms with E-state index in [1.165, 1.54) is 5.56 Å². The summed E-state index contributed by atoms with van der Waals surface area (Å²) >= 11 is 0. The van der Waals surface area contributed by atoms with E-state index in [1.807, 2.05) is 19.1 Å². The van der Waals surface area contributed by atoms with Gasteiger partial charge in [-0.2, -0.15) is 0 Å². The lowest BCUT2D eigenvalue weighted by Crippen LogP contribution is -2.43. The van der Waals surface area contributed by atoms with Crippen LogP contribution in [0.1, 0.15) is 42.5 Å². The third-order valence-corrected chi connectivity index (χ3v) is 5.10. The second-order valence-electron chi connectivity index (χ2n) is 8.01. The molecular weight excluding hydrogens is 352 g/mol.